The van der Waals surface area contributed by atoms with Crippen molar-refractivity contribution in [2.24, 2.45) is 10.7 Å². The third-order valence-electron chi connectivity index (χ3n) is 4.08. The molecular weight excluding hydrogens is 222 g/mol. The van der Waals surface area contributed by atoms with E-state index < -0.39 is 0 Å². The summed E-state index contributed by atoms with van der Waals surface area (Å²) in [6.07, 6.45) is 2.49. The van der Waals surface area contributed by atoms with Crippen molar-refractivity contribution in [1.29, 1.82) is 0 Å². The Labute approximate surface area is 109 Å². The van der Waals surface area contributed by atoms with Crippen LogP contribution < -0.4 is 5.73 Å². The maximum absolute atomic E-state index is 6.08. The number of hydrogen-bond donors (Lipinski definition) is 1. The van der Waals surface area contributed by atoms with Crippen molar-refractivity contribution in [3.8, 4) is 0 Å². The van der Waals surface area contributed by atoms with Crippen molar-refractivity contribution in [2.45, 2.75) is 45.2 Å². The SMILES string of the molecule is Cc1cc(C)cc(C2(C)CN=C(N)N2C2CC2)c1. The smallest absolute Gasteiger partial charge is 0.192 e. The molecule has 3 rings (SSSR count). The number of nitrogens with two attached hydrogens (primary N) is 1. The van der Waals surface area contributed by atoms with Crippen LogP contribution in [-0.2, 0) is 5.54 Å². The molecule has 3 nitrogen and oxygen atoms in total. The molecule has 0 amide bonds. The number of hydrogen-bond acceptors (Lipinski definition) is 3. The van der Waals surface area contributed by atoms with Crippen LogP contribution in [-0.4, -0.2) is 23.4 Å². The minimum Gasteiger partial charge on any atom is -0.370 e. The summed E-state index contributed by atoms with van der Waals surface area (Å²) in [5.74, 6) is 0.721. The van der Waals surface area contributed by atoms with Crippen molar-refractivity contribution in [2.75, 3.05) is 6.54 Å². The van der Waals surface area contributed by atoms with Gasteiger partial charge in [0.25, 0.3) is 0 Å². The van der Waals surface area contributed by atoms with Crippen LogP contribution in [0.25, 0.3) is 0 Å². The minimum absolute atomic E-state index is 0.0535. The summed E-state index contributed by atoms with van der Waals surface area (Å²) < 4.78 is 0. The lowest BCUT2D eigenvalue weighted by Crippen LogP contribution is -2.48. The molecule has 0 bridgehead atoms. The molecule has 0 radical (unpaired) electrons. The summed E-state index contributed by atoms with van der Waals surface area (Å²) in [6, 6.07) is 7.36. The number of guanidine groups is 1. The van der Waals surface area contributed by atoms with Gasteiger partial charge < -0.3 is 10.6 Å². The third kappa shape index (κ3) is 1.69. The molecule has 1 aromatic rings. The van der Waals surface area contributed by atoms with Gasteiger partial charge in [-0.3, -0.25) is 4.99 Å². The fourth-order valence-corrected chi connectivity index (χ4v) is 3.08. The highest BCUT2D eigenvalue weighted by molar-refractivity contribution is 5.82. The third-order valence-corrected chi connectivity index (χ3v) is 4.08. The largest absolute Gasteiger partial charge is 0.370 e. The van der Waals surface area contributed by atoms with Crippen LogP contribution in [0.5, 0.6) is 0 Å². The molecule has 2 aliphatic rings. The van der Waals surface area contributed by atoms with E-state index in [-0.39, 0.29) is 5.54 Å². The molecule has 1 aromatic carbocycles. The Hall–Kier alpha value is -1.51. The van der Waals surface area contributed by atoms with Crippen LogP contribution in [0.3, 0.4) is 0 Å². The van der Waals surface area contributed by atoms with Gasteiger partial charge in [0.15, 0.2) is 5.96 Å². The standard InChI is InChI=1S/C15H21N3/c1-10-6-11(2)8-12(7-10)15(3)9-17-14(16)18(15)13-4-5-13/h6-8,13H,4-5,9H2,1-3H3,(H2,16,17). The zero-order valence-electron chi connectivity index (χ0n) is 11.4. The van der Waals surface area contributed by atoms with Gasteiger partial charge in [0.05, 0.1) is 12.1 Å². The van der Waals surface area contributed by atoms with Gasteiger partial charge in [0, 0.05) is 6.04 Å². The van der Waals surface area contributed by atoms with E-state index in [0.29, 0.717) is 6.04 Å². The van der Waals surface area contributed by atoms with Crippen LogP contribution in [0.4, 0.5) is 0 Å². The summed E-state index contributed by atoms with van der Waals surface area (Å²) in [6.45, 7) is 7.35. The highest BCUT2D eigenvalue weighted by Gasteiger charge is 2.46. The Morgan fingerprint density at radius 2 is 1.83 bits per heavy atom. The predicted molar refractivity (Wildman–Crippen MR) is 74.6 cm³/mol. The first-order valence-electron chi connectivity index (χ1n) is 6.69. The molecule has 1 saturated carbocycles. The molecule has 18 heavy (non-hydrogen) atoms. The predicted octanol–water partition coefficient (Wildman–Crippen LogP) is 2.31. The maximum Gasteiger partial charge on any atom is 0.192 e. The molecule has 2 N–H and O–H groups in total. The van der Waals surface area contributed by atoms with Gasteiger partial charge in [-0.15, -0.1) is 0 Å². The summed E-state index contributed by atoms with van der Waals surface area (Å²) >= 11 is 0. The first-order valence-corrected chi connectivity index (χ1v) is 6.69. The van der Waals surface area contributed by atoms with Crippen LogP contribution in [0.15, 0.2) is 23.2 Å². The van der Waals surface area contributed by atoms with Crippen molar-refractivity contribution >= 4 is 5.96 Å². The molecule has 0 saturated heterocycles. The topological polar surface area (TPSA) is 41.6 Å². The van der Waals surface area contributed by atoms with Crippen molar-refractivity contribution in [1.82, 2.24) is 4.90 Å². The second-order valence-electron chi connectivity index (χ2n) is 5.93. The molecule has 3 heteroatoms. The van der Waals surface area contributed by atoms with Gasteiger partial charge in [-0.05, 0) is 39.2 Å². The van der Waals surface area contributed by atoms with E-state index in [2.05, 4.69) is 48.9 Å². The molecule has 1 unspecified atom stereocenters. The van der Waals surface area contributed by atoms with E-state index >= 15 is 0 Å². The van der Waals surface area contributed by atoms with E-state index in [1.54, 1.807) is 0 Å². The monoisotopic (exact) mass is 243 g/mol. The van der Waals surface area contributed by atoms with E-state index in [9.17, 15) is 0 Å². The van der Waals surface area contributed by atoms with Crippen molar-refractivity contribution in [3.63, 3.8) is 0 Å². The van der Waals surface area contributed by atoms with Crippen LogP contribution in [0.2, 0.25) is 0 Å². The first-order chi connectivity index (χ1) is 8.50. The van der Waals surface area contributed by atoms with E-state index in [4.69, 9.17) is 5.73 Å². The average molecular weight is 243 g/mol. The molecule has 1 atom stereocenters. The summed E-state index contributed by atoms with van der Waals surface area (Å²) in [5, 5.41) is 0. The number of aryl methyl sites for hydroxylation is 2. The fraction of sp³-hybridized carbons (Fsp3) is 0.533. The zero-order chi connectivity index (χ0) is 12.9. The molecule has 1 aliphatic heterocycles. The lowest BCUT2D eigenvalue weighted by atomic mass is 9.88. The molecule has 0 aromatic heterocycles. The normalized spacial score (nSPS) is 27.5. The summed E-state index contributed by atoms with van der Waals surface area (Å²) in [4.78, 5) is 6.82. The quantitative estimate of drug-likeness (QED) is 0.866. The Kier molecular flexibility index (Phi) is 2.40. The van der Waals surface area contributed by atoms with Crippen LogP contribution in [0.1, 0.15) is 36.5 Å². The number of aliphatic imine (C=N–C) groups is 1. The highest BCUT2D eigenvalue weighted by atomic mass is 15.4. The molecule has 1 heterocycles. The molecular formula is C15H21N3. The average Bonchev–Trinajstić information content (AvgIpc) is 3.05. The van der Waals surface area contributed by atoms with Gasteiger partial charge in [0.1, 0.15) is 0 Å². The van der Waals surface area contributed by atoms with E-state index in [1.165, 1.54) is 29.5 Å². The number of nitrogens with zero attached hydrogens (tertiary/aromatic N) is 2. The molecule has 1 aliphatic carbocycles. The van der Waals surface area contributed by atoms with Gasteiger partial charge >= 0.3 is 0 Å². The minimum atomic E-state index is -0.0535. The first kappa shape index (κ1) is 11.6. The van der Waals surface area contributed by atoms with Gasteiger partial charge in [0.2, 0.25) is 0 Å². The van der Waals surface area contributed by atoms with Crippen LogP contribution >= 0.6 is 0 Å². The molecule has 96 valence electrons. The van der Waals surface area contributed by atoms with Gasteiger partial charge in [-0.1, -0.05) is 29.3 Å². The lowest BCUT2D eigenvalue weighted by molar-refractivity contribution is 0.216. The van der Waals surface area contributed by atoms with Gasteiger partial charge in [-0.25, -0.2) is 0 Å². The lowest BCUT2D eigenvalue weighted by Gasteiger charge is -2.37. The van der Waals surface area contributed by atoms with Gasteiger partial charge in [-0.2, -0.15) is 0 Å². The van der Waals surface area contributed by atoms with Crippen LogP contribution in [0, 0.1) is 13.8 Å². The Morgan fingerprint density at radius 3 is 2.39 bits per heavy atom. The second-order valence-corrected chi connectivity index (χ2v) is 5.93. The fourth-order valence-electron chi connectivity index (χ4n) is 3.08. The molecule has 1 fully saturated rings. The maximum atomic E-state index is 6.08. The Bertz CT molecular complexity index is 496. The number of benzene rings is 1. The Balaban J connectivity index is 2.03. The second kappa shape index (κ2) is 3.74. The van der Waals surface area contributed by atoms with E-state index in [1.807, 2.05) is 0 Å². The highest BCUT2D eigenvalue weighted by Crippen LogP contribution is 2.41. The van der Waals surface area contributed by atoms with E-state index in [0.717, 1.165) is 12.5 Å². The molecule has 0 spiro atoms. The summed E-state index contributed by atoms with van der Waals surface area (Å²) in [5.41, 5.74) is 10.00. The number of rotatable bonds is 2. The van der Waals surface area contributed by atoms with Crippen molar-refractivity contribution < 1.29 is 0 Å². The summed E-state index contributed by atoms with van der Waals surface area (Å²) in [7, 11) is 0. The van der Waals surface area contributed by atoms with Crippen molar-refractivity contribution in [3.05, 3.63) is 34.9 Å². The zero-order valence-corrected chi connectivity index (χ0v) is 11.4. The Morgan fingerprint density at radius 1 is 1.22 bits per heavy atom.